The second kappa shape index (κ2) is 8.34. The number of amides is 1. The Morgan fingerprint density at radius 1 is 1.14 bits per heavy atom. The van der Waals surface area contributed by atoms with E-state index in [1.165, 1.54) is 23.5 Å². The summed E-state index contributed by atoms with van der Waals surface area (Å²) in [5.74, 6) is -0.945. The van der Waals surface area contributed by atoms with Gasteiger partial charge in [-0.2, -0.15) is 5.10 Å². The number of aromatic nitrogens is 2. The first-order valence-electron chi connectivity index (χ1n) is 9.37. The molecule has 1 aromatic heterocycles. The quantitative estimate of drug-likeness (QED) is 0.435. The average molecular weight is 416 g/mol. The number of fused-ring (bicyclic) bond motifs is 1. The summed E-state index contributed by atoms with van der Waals surface area (Å²) in [5, 5.41) is 14.3. The average Bonchev–Trinajstić information content (AvgIpc) is 3.12. The fourth-order valence-electron chi connectivity index (χ4n) is 3.31. The molecule has 2 aromatic carbocycles. The minimum Gasteiger partial charge on any atom is -0.289 e. The highest BCUT2D eigenvalue weighted by atomic mass is 32.2. The lowest BCUT2D eigenvalue weighted by molar-refractivity contribution is -0.131. The molecule has 1 atom stereocenters. The van der Waals surface area contributed by atoms with E-state index in [4.69, 9.17) is 5.21 Å². The fourth-order valence-corrected chi connectivity index (χ4v) is 4.15. The zero-order valence-electron chi connectivity index (χ0n) is 16.5. The maximum Gasteiger partial charge on any atom is 0.264 e. The molecular weight excluding hydrogens is 390 g/mol. The molecule has 8 heteroatoms. The highest BCUT2D eigenvalue weighted by molar-refractivity contribution is 7.92. The fraction of sp³-hybridized carbons (Fsp3) is 0.333. The molecule has 1 amide bonds. The van der Waals surface area contributed by atoms with Crippen LogP contribution in [0.15, 0.2) is 54.7 Å². The topological polar surface area (TPSA) is 101 Å². The van der Waals surface area contributed by atoms with Crippen molar-refractivity contribution in [2.45, 2.75) is 37.5 Å². The van der Waals surface area contributed by atoms with E-state index in [1.807, 2.05) is 30.3 Å². The van der Waals surface area contributed by atoms with Gasteiger partial charge in [0.2, 0.25) is 0 Å². The van der Waals surface area contributed by atoms with Crippen molar-refractivity contribution in [2.75, 3.05) is 6.26 Å². The SMILES string of the molecule is CC(CCn1ncc2cc(CCc3ccccc3)ccc21)(C(=O)NO)S(C)(=O)=O. The molecule has 2 N–H and O–H groups in total. The van der Waals surface area contributed by atoms with Gasteiger partial charge in [-0.15, -0.1) is 0 Å². The Hall–Kier alpha value is -2.71. The van der Waals surface area contributed by atoms with Gasteiger partial charge in [0.15, 0.2) is 14.6 Å². The number of hydrogen-bond donors (Lipinski definition) is 2. The van der Waals surface area contributed by atoms with E-state index >= 15 is 0 Å². The van der Waals surface area contributed by atoms with Gasteiger partial charge in [-0.1, -0.05) is 36.4 Å². The molecule has 7 nitrogen and oxygen atoms in total. The number of carbonyl (C=O) groups excluding carboxylic acids is 1. The zero-order valence-corrected chi connectivity index (χ0v) is 17.3. The van der Waals surface area contributed by atoms with Gasteiger partial charge in [0, 0.05) is 18.2 Å². The minimum absolute atomic E-state index is 0.00916. The van der Waals surface area contributed by atoms with Crippen LogP contribution in [0.25, 0.3) is 10.9 Å². The van der Waals surface area contributed by atoms with Crippen LogP contribution in [-0.2, 0) is 34.0 Å². The van der Waals surface area contributed by atoms with Gasteiger partial charge < -0.3 is 0 Å². The van der Waals surface area contributed by atoms with Crippen molar-refractivity contribution in [3.63, 3.8) is 0 Å². The lowest BCUT2D eigenvalue weighted by Crippen LogP contribution is -2.49. The maximum absolute atomic E-state index is 12.1. The Morgan fingerprint density at radius 2 is 1.83 bits per heavy atom. The number of sulfone groups is 1. The summed E-state index contributed by atoms with van der Waals surface area (Å²) in [6, 6.07) is 16.4. The summed E-state index contributed by atoms with van der Waals surface area (Å²) >= 11 is 0. The van der Waals surface area contributed by atoms with Gasteiger partial charge in [0.1, 0.15) is 0 Å². The zero-order chi connectivity index (χ0) is 21.1. The molecule has 0 saturated heterocycles. The largest absolute Gasteiger partial charge is 0.289 e. The normalized spacial score (nSPS) is 13.9. The van der Waals surface area contributed by atoms with Crippen LogP contribution in [0, 0.1) is 0 Å². The highest BCUT2D eigenvalue weighted by Gasteiger charge is 2.43. The smallest absolute Gasteiger partial charge is 0.264 e. The second-order valence-corrected chi connectivity index (χ2v) is 9.89. The Morgan fingerprint density at radius 3 is 2.48 bits per heavy atom. The molecule has 1 heterocycles. The van der Waals surface area contributed by atoms with Gasteiger partial charge >= 0.3 is 0 Å². The Balaban J connectivity index is 1.75. The lowest BCUT2D eigenvalue weighted by Gasteiger charge is -2.25. The van der Waals surface area contributed by atoms with Gasteiger partial charge in [0.25, 0.3) is 5.91 Å². The molecule has 0 radical (unpaired) electrons. The molecule has 0 bridgehead atoms. The summed E-state index contributed by atoms with van der Waals surface area (Å²) in [6.45, 7) is 1.53. The van der Waals surface area contributed by atoms with Crippen molar-refractivity contribution in [3.8, 4) is 0 Å². The van der Waals surface area contributed by atoms with Crippen LogP contribution in [0.5, 0.6) is 0 Å². The number of nitrogens with zero attached hydrogens (tertiary/aromatic N) is 2. The maximum atomic E-state index is 12.1. The van der Waals surface area contributed by atoms with Crippen molar-refractivity contribution in [1.29, 1.82) is 0 Å². The van der Waals surface area contributed by atoms with E-state index in [9.17, 15) is 13.2 Å². The molecule has 154 valence electrons. The van der Waals surface area contributed by atoms with Crippen molar-refractivity contribution in [2.24, 2.45) is 0 Å². The molecule has 0 aliphatic heterocycles. The first-order valence-corrected chi connectivity index (χ1v) is 11.3. The van der Waals surface area contributed by atoms with E-state index in [0.29, 0.717) is 0 Å². The van der Waals surface area contributed by atoms with Crippen LogP contribution in [0.3, 0.4) is 0 Å². The van der Waals surface area contributed by atoms with E-state index < -0.39 is 20.5 Å². The van der Waals surface area contributed by atoms with Gasteiger partial charge in [0.05, 0.1) is 11.7 Å². The molecule has 29 heavy (non-hydrogen) atoms. The van der Waals surface area contributed by atoms with Crippen molar-refractivity contribution >= 4 is 26.6 Å². The van der Waals surface area contributed by atoms with Crippen LogP contribution in [-0.4, -0.2) is 40.3 Å². The molecule has 3 aromatic rings. The molecule has 0 fully saturated rings. The van der Waals surface area contributed by atoms with Crippen LogP contribution in [0.4, 0.5) is 0 Å². The van der Waals surface area contributed by atoms with Gasteiger partial charge in [-0.25, -0.2) is 13.9 Å². The Bertz CT molecular complexity index is 1110. The Kier molecular flexibility index (Phi) is 6.04. The monoisotopic (exact) mass is 415 g/mol. The summed E-state index contributed by atoms with van der Waals surface area (Å²) in [7, 11) is -3.74. The van der Waals surface area contributed by atoms with Crippen LogP contribution in [0.1, 0.15) is 24.5 Å². The summed E-state index contributed by atoms with van der Waals surface area (Å²) in [6.07, 6.45) is 4.58. The predicted molar refractivity (Wildman–Crippen MR) is 111 cm³/mol. The third kappa shape index (κ3) is 4.49. The number of aryl methyl sites for hydroxylation is 3. The van der Waals surface area contributed by atoms with E-state index in [0.717, 1.165) is 30.0 Å². The van der Waals surface area contributed by atoms with E-state index in [1.54, 1.807) is 10.9 Å². The highest BCUT2D eigenvalue weighted by Crippen LogP contribution is 2.24. The number of nitrogens with one attached hydrogen (secondary N) is 1. The number of rotatable bonds is 8. The molecule has 0 spiro atoms. The standard InChI is InChI=1S/C21H25N3O4S/c1-21(20(25)23-26,29(2,27)28)12-13-24-19-11-10-17(14-18(19)15-22-24)9-8-16-6-4-3-5-7-16/h3-7,10-11,14-15,26H,8-9,12-13H2,1-2H3,(H,23,25). The molecule has 0 aliphatic carbocycles. The number of benzene rings is 2. The number of hydroxylamine groups is 1. The van der Waals surface area contributed by atoms with Crippen molar-refractivity contribution in [3.05, 3.63) is 65.9 Å². The van der Waals surface area contributed by atoms with Crippen LogP contribution < -0.4 is 5.48 Å². The van der Waals surface area contributed by atoms with Crippen molar-refractivity contribution < 1.29 is 18.4 Å². The van der Waals surface area contributed by atoms with Gasteiger partial charge in [-0.05, 0) is 49.4 Å². The van der Waals surface area contributed by atoms with Crippen LogP contribution in [0.2, 0.25) is 0 Å². The summed E-state index contributed by atoms with van der Waals surface area (Å²) < 4.78 is 24.2. The first-order chi connectivity index (χ1) is 13.7. The van der Waals surface area contributed by atoms with Crippen LogP contribution >= 0.6 is 0 Å². The minimum atomic E-state index is -3.74. The molecule has 0 saturated carbocycles. The predicted octanol–water partition coefficient (Wildman–Crippen LogP) is 2.52. The van der Waals surface area contributed by atoms with Gasteiger partial charge in [-0.3, -0.25) is 14.7 Å². The van der Waals surface area contributed by atoms with E-state index in [2.05, 4.69) is 23.3 Å². The summed E-state index contributed by atoms with van der Waals surface area (Å²) in [5.41, 5.74) is 4.81. The number of hydrogen-bond acceptors (Lipinski definition) is 5. The molecule has 3 rings (SSSR count). The molecular formula is C21H25N3O4S. The number of carbonyl (C=O) groups is 1. The third-order valence-electron chi connectivity index (χ3n) is 5.45. The van der Waals surface area contributed by atoms with Crippen molar-refractivity contribution in [1.82, 2.24) is 15.3 Å². The Labute approximate surface area is 170 Å². The lowest BCUT2D eigenvalue weighted by atomic mass is 10.0. The first kappa shape index (κ1) is 21.0. The summed E-state index contributed by atoms with van der Waals surface area (Å²) in [4.78, 5) is 12.0. The molecule has 0 aliphatic rings. The second-order valence-electron chi connectivity index (χ2n) is 7.44. The molecule has 1 unspecified atom stereocenters. The third-order valence-corrected chi connectivity index (χ3v) is 7.48. The van der Waals surface area contributed by atoms with E-state index in [-0.39, 0.29) is 13.0 Å².